The van der Waals surface area contributed by atoms with Gasteiger partial charge in [0.1, 0.15) is 0 Å². The predicted molar refractivity (Wildman–Crippen MR) is 67.0 cm³/mol. The number of hydrogen-bond acceptors (Lipinski definition) is 2. The predicted octanol–water partition coefficient (Wildman–Crippen LogP) is 2.41. The highest BCUT2D eigenvalue weighted by Gasteiger charge is 2.14. The molecule has 1 aromatic rings. The summed E-state index contributed by atoms with van der Waals surface area (Å²) in [5.41, 5.74) is 6.53. The number of carboxylic acids is 1. The molecule has 0 aliphatic carbocycles. The quantitative estimate of drug-likeness (QED) is 0.807. The van der Waals surface area contributed by atoms with Gasteiger partial charge >= 0.3 is 5.97 Å². The Hall–Kier alpha value is -1.06. The van der Waals surface area contributed by atoms with E-state index in [9.17, 15) is 4.79 Å². The van der Waals surface area contributed by atoms with Gasteiger partial charge < -0.3 is 10.8 Å². The van der Waals surface area contributed by atoms with E-state index in [4.69, 9.17) is 10.8 Å². The van der Waals surface area contributed by atoms with Crippen LogP contribution in [0.4, 0.5) is 0 Å². The molecule has 1 aromatic carbocycles. The highest BCUT2D eigenvalue weighted by molar-refractivity contribution is 5.85. The molecule has 0 aromatic heterocycles. The molecule has 1 unspecified atom stereocenters. The molecule has 0 aliphatic rings. The number of rotatable bonds is 6. The van der Waals surface area contributed by atoms with Crippen LogP contribution in [0.2, 0.25) is 0 Å². The number of nitrogens with two attached hydrogens (primary N) is 1. The van der Waals surface area contributed by atoms with Crippen LogP contribution in [-0.4, -0.2) is 17.6 Å². The Kier molecular flexibility index (Phi) is 7.60. The van der Waals surface area contributed by atoms with Gasteiger partial charge in [-0.25, -0.2) is 0 Å². The molecular formula is C12H18ClNO2. The Labute approximate surface area is 102 Å². The Morgan fingerprint density at radius 2 is 1.94 bits per heavy atom. The fourth-order valence-corrected chi connectivity index (χ4v) is 1.69. The van der Waals surface area contributed by atoms with Crippen LogP contribution in [0.15, 0.2) is 30.3 Å². The summed E-state index contributed by atoms with van der Waals surface area (Å²) >= 11 is 0. The first kappa shape index (κ1) is 14.9. The lowest BCUT2D eigenvalue weighted by Crippen LogP contribution is -2.09. The molecular weight excluding hydrogens is 226 g/mol. The molecule has 0 aliphatic heterocycles. The lowest BCUT2D eigenvalue weighted by Gasteiger charge is -2.14. The summed E-state index contributed by atoms with van der Waals surface area (Å²) < 4.78 is 0. The molecule has 0 bridgehead atoms. The van der Waals surface area contributed by atoms with Crippen LogP contribution in [0.5, 0.6) is 0 Å². The Morgan fingerprint density at radius 3 is 2.44 bits per heavy atom. The molecule has 0 radical (unpaired) electrons. The van der Waals surface area contributed by atoms with Crippen molar-refractivity contribution in [3.05, 3.63) is 35.9 Å². The average molecular weight is 244 g/mol. The van der Waals surface area contributed by atoms with Crippen molar-refractivity contribution in [3.63, 3.8) is 0 Å². The smallest absolute Gasteiger partial charge is 0.303 e. The number of benzene rings is 1. The minimum Gasteiger partial charge on any atom is -0.481 e. The second-order valence-corrected chi connectivity index (χ2v) is 3.64. The van der Waals surface area contributed by atoms with Crippen molar-refractivity contribution in [3.8, 4) is 0 Å². The molecule has 4 heteroatoms. The van der Waals surface area contributed by atoms with Crippen molar-refractivity contribution in [1.29, 1.82) is 0 Å². The van der Waals surface area contributed by atoms with E-state index in [2.05, 4.69) is 0 Å². The van der Waals surface area contributed by atoms with E-state index in [0.29, 0.717) is 6.54 Å². The molecule has 0 heterocycles. The Balaban J connectivity index is 0.00000225. The van der Waals surface area contributed by atoms with Crippen LogP contribution in [0.1, 0.15) is 30.7 Å². The van der Waals surface area contributed by atoms with E-state index in [0.717, 1.165) is 18.4 Å². The molecule has 1 atom stereocenters. The zero-order valence-electron chi connectivity index (χ0n) is 9.13. The van der Waals surface area contributed by atoms with Crippen LogP contribution in [0, 0.1) is 0 Å². The summed E-state index contributed by atoms with van der Waals surface area (Å²) in [6.07, 6.45) is 1.89. The Bertz CT molecular complexity index is 303. The summed E-state index contributed by atoms with van der Waals surface area (Å²) in [7, 11) is 0. The lowest BCUT2D eigenvalue weighted by molar-refractivity contribution is -0.137. The zero-order valence-corrected chi connectivity index (χ0v) is 9.95. The first-order chi connectivity index (χ1) is 7.24. The molecule has 0 saturated carbocycles. The molecule has 1 rings (SSSR count). The van der Waals surface area contributed by atoms with Gasteiger partial charge in [0, 0.05) is 0 Å². The second-order valence-electron chi connectivity index (χ2n) is 3.64. The minimum absolute atomic E-state index is 0. The minimum atomic E-state index is -0.749. The third kappa shape index (κ3) is 5.14. The maximum Gasteiger partial charge on any atom is 0.303 e. The van der Waals surface area contributed by atoms with E-state index in [1.807, 2.05) is 30.3 Å². The molecule has 3 nitrogen and oxygen atoms in total. The van der Waals surface area contributed by atoms with Gasteiger partial charge in [-0.2, -0.15) is 0 Å². The van der Waals surface area contributed by atoms with Gasteiger partial charge in [-0.15, -0.1) is 12.4 Å². The summed E-state index contributed by atoms with van der Waals surface area (Å²) in [5, 5.41) is 8.81. The van der Waals surface area contributed by atoms with Crippen LogP contribution in [-0.2, 0) is 4.79 Å². The van der Waals surface area contributed by atoms with Gasteiger partial charge in [-0.3, -0.25) is 4.79 Å². The van der Waals surface area contributed by atoms with Gasteiger partial charge in [-0.1, -0.05) is 30.3 Å². The molecule has 90 valence electrons. The van der Waals surface area contributed by atoms with Crippen molar-refractivity contribution in [2.24, 2.45) is 5.73 Å². The first-order valence-corrected chi connectivity index (χ1v) is 5.21. The van der Waals surface area contributed by atoms with E-state index in [-0.39, 0.29) is 24.7 Å². The van der Waals surface area contributed by atoms with Crippen molar-refractivity contribution in [2.75, 3.05) is 6.54 Å². The second kappa shape index (κ2) is 8.13. The number of hydrogen-bond donors (Lipinski definition) is 2. The highest BCUT2D eigenvalue weighted by atomic mass is 35.5. The molecule has 0 saturated heterocycles. The van der Waals surface area contributed by atoms with E-state index in [1.54, 1.807) is 0 Å². The summed E-state index contributed by atoms with van der Waals surface area (Å²) in [5.74, 6) is -0.659. The molecule has 0 spiro atoms. The third-order valence-corrected chi connectivity index (χ3v) is 2.45. The van der Waals surface area contributed by atoms with Crippen LogP contribution in [0.25, 0.3) is 0 Å². The van der Waals surface area contributed by atoms with Gasteiger partial charge in [-0.05, 0) is 30.9 Å². The molecule has 16 heavy (non-hydrogen) atoms. The average Bonchev–Trinajstić information content (AvgIpc) is 2.25. The van der Waals surface area contributed by atoms with Crippen molar-refractivity contribution >= 4 is 18.4 Å². The SMILES string of the molecule is Cl.NCCCC(CC(=O)O)c1ccccc1. The van der Waals surface area contributed by atoms with Gasteiger partial charge in [0.15, 0.2) is 0 Å². The third-order valence-electron chi connectivity index (χ3n) is 2.45. The lowest BCUT2D eigenvalue weighted by atomic mass is 9.91. The number of aliphatic carboxylic acids is 1. The van der Waals surface area contributed by atoms with E-state index in [1.165, 1.54) is 0 Å². The number of halogens is 1. The maximum atomic E-state index is 10.7. The highest BCUT2D eigenvalue weighted by Crippen LogP contribution is 2.24. The van der Waals surface area contributed by atoms with Gasteiger partial charge in [0.25, 0.3) is 0 Å². The van der Waals surface area contributed by atoms with Crippen LogP contribution in [0.3, 0.4) is 0 Å². The van der Waals surface area contributed by atoms with Crippen LogP contribution < -0.4 is 5.73 Å². The fourth-order valence-electron chi connectivity index (χ4n) is 1.69. The molecule has 0 amide bonds. The fraction of sp³-hybridized carbons (Fsp3) is 0.417. The van der Waals surface area contributed by atoms with E-state index < -0.39 is 5.97 Å². The largest absolute Gasteiger partial charge is 0.481 e. The first-order valence-electron chi connectivity index (χ1n) is 5.21. The van der Waals surface area contributed by atoms with Gasteiger partial charge in [0.2, 0.25) is 0 Å². The Morgan fingerprint density at radius 1 is 1.31 bits per heavy atom. The van der Waals surface area contributed by atoms with Crippen molar-refractivity contribution in [1.82, 2.24) is 0 Å². The monoisotopic (exact) mass is 243 g/mol. The zero-order chi connectivity index (χ0) is 11.1. The standard InChI is InChI=1S/C12H17NO2.ClH/c13-8-4-7-11(9-12(14)15)10-5-2-1-3-6-10;/h1-3,5-6,11H,4,7-9,13H2,(H,14,15);1H. The topological polar surface area (TPSA) is 63.3 Å². The number of carbonyl (C=O) groups is 1. The van der Waals surface area contributed by atoms with Crippen molar-refractivity contribution < 1.29 is 9.90 Å². The van der Waals surface area contributed by atoms with E-state index >= 15 is 0 Å². The summed E-state index contributed by atoms with van der Waals surface area (Å²) in [4.78, 5) is 10.7. The van der Waals surface area contributed by atoms with Crippen molar-refractivity contribution in [2.45, 2.75) is 25.2 Å². The molecule has 0 fully saturated rings. The van der Waals surface area contributed by atoms with Crippen LogP contribution >= 0.6 is 12.4 Å². The van der Waals surface area contributed by atoms with Gasteiger partial charge in [0.05, 0.1) is 6.42 Å². The molecule has 3 N–H and O–H groups in total. The number of carboxylic acid groups (broad SMARTS) is 1. The summed E-state index contributed by atoms with van der Waals surface area (Å²) in [6, 6.07) is 9.76. The normalized spacial score (nSPS) is 11.6. The maximum absolute atomic E-state index is 10.7. The summed E-state index contributed by atoms with van der Waals surface area (Å²) in [6.45, 7) is 0.614.